The van der Waals surface area contributed by atoms with Gasteiger partial charge >= 0.3 is 0 Å². The van der Waals surface area contributed by atoms with Gasteiger partial charge in [-0.15, -0.1) is 0 Å². The van der Waals surface area contributed by atoms with Gasteiger partial charge in [0.2, 0.25) is 11.8 Å². The molecule has 2 rings (SSSR count). The molecule has 0 atom stereocenters. The maximum absolute atomic E-state index is 12.9. The van der Waals surface area contributed by atoms with Crippen LogP contribution in [0, 0.1) is 12.7 Å². The highest BCUT2D eigenvalue weighted by molar-refractivity contribution is 6.31. The predicted molar refractivity (Wildman–Crippen MR) is 102 cm³/mol. The van der Waals surface area contributed by atoms with Crippen molar-refractivity contribution in [2.75, 3.05) is 18.0 Å². The lowest BCUT2D eigenvalue weighted by atomic mass is 10.1. The van der Waals surface area contributed by atoms with Crippen LogP contribution in [0.4, 0.5) is 10.1 Å². The van der Waals surface area contributed by atoms with Gasteiger partial charge in [0.05, 0.1) is 0 Å². The number of halogens is 2. The summed E-state index contributed by atoms with van der Waals surface area (Å²) in [5.74, 6) is -0.564. The van der Waals surface area contributed by atoms with Gasteiger partial charge in [-0.3, -0.25) is 9.59 Å². The molecule has 0 aliphatic heterocycles. The molecule has 0 radical (unpaired) electrons. The Bertz CT molecular complexity index is 778. The monoisotopic (exact) mass is 376 g/mol. The van der Waals surface area contributed by atoms with E-state index in [2.05, 4.69) is 5.32 Å². The van der Waals surface area contributed by atoms with E-state index in [1.54, 1.807) is 29.2 Å². The lowest BCUT2D eigenvalue weighted by Gasteiger charge is -2.23. The third kappa shape index (κ3) is 5.85. The van der Waals surface area contributed by atoms with Crippen molar-refractivity contribution < 1.29 is 14.0 Å². The molecule has 0 bridgehead atoms. The summed E-state index contributed by atoms with van der Waals surface area (Å²) in [6, 6.07) is 11.5. The second-order valence-electron chi connectivity index (χ2n) is 6.08. The highest BCUT2D eigenvalue weighted by Crippen LogP contribution is 2.24. The quantitative estimate of drug-likeness (QED) is 0.797. The van der Waals surface area contributed by atoms with Gasteiger partial charge in [0.15, 0.2) is 0 Å². The van der Waals surface area contributed by atoms with E-state index in [0.717, 1.165) is 11.1 Å². The molecule has 0 aliphatic rings. The molecule has 0 spiro atoms. The molecule has 138 valence electrons. The van der Waals surface area contributed by atoms with Gasteiger partial charge < -0.3 is 10.2 Å². The first-order valence-electron chi connectivity index (χ1n) is 8.42. The van der Waals surface area contributed by atoms with E-state index in [-0.39, 0.29) is 30.6 Å². The van der Waals surface area contributed by atoms with Crippen LogP contribution < -0.4 is 10.2 Å². The van der Waals surface area contributed by atoms with Crippen molar-refractivity contribution in [2.24, 2.45) is 0 Å². The number of anilines is 1. The van der Waals surface area contributed by atoms with Crippen molar-refractivity contribution in [1.82, 2.24) is 5.32 Å². The number of hydrogen-bond donors (Lipinski definition) is 1. The van der Waals surface area contributed by atoms with E-state index in [1.165, 1.54) is 19.1 Å². The second kappa shape index (κ2) is 9.34. The Morgan fingerprint density at radius 1 is 1.15 bits per heavy atom. The zero-order chi connectivity index (χ0) is 19.1. The molecule has 0 aromatic heterocycles. The van der Waals surface area contributed by atoms with Gasteiger partial charge in [-0.25, -0.2) is 4.39 Å². The van der Waals surface area contributed by atoms with Crippen molar-refractivity contribution in [3.8, 4) is 0 Å². The maximum Gasteiger partial charge on any atom is 0.223 e. The van der Waals surface area contributed by atoms with E-state index < -0.39 is 0 Å². The first kappa shape index (κ1) is 19.9. The summed E-state index contributed by atoms with van der Waals surface area (Å²) in [5.41, 5.74) is 2.58. The number of carbonyl (C=O) groups is 2. The molecule has 2 aromatic rings. The zero-order valence-corrected chi connectivity index (χ0v) is 15.6. The van der Waals surface area contributed by atoms with Gasteiger partial charge in [0, 0.05) is 37.1 Å². The third-order valence-corrected chi connectivity index (χ3v) is 4.29. The van der Waals surface area contributed by atoms with Crippen LogP contribution in [0.15, 0.2) is 42.5 Å². The van der Waals surface area contributed by atoms with Crippen LogP contribution in [-0.4, -0.2) is 24.9 Å². The van der Waals surface area contributed by atoms with Crippen molar-refractivity contribution in [2.45, 2.75) is 26.7 Å². The lowest BCUT2D eigenvalue weighted by Crippen LogP contribution is -2.34. The van der Waals surface area contributed by atoms with Crippen LogP contribution in [-0.2, 0) is 16.0 Å². The fourth-order valence-corrected chi connectivity index (χ4v) is 2.79. The Kier molecular flexibility index (Phi) is 7.16. The number of nitrogens with zero attached hydrogens (tertiary/aromatic N) is 1. The van der Waals surface area contributed by atoms with Crippen LogP contribution in [0.2, 0.25) is 5.02 Å². The fourth-order valence-electron chi connectivity index (χ4n) is 2.62. The van der Waals surface area contributed by atoms with Gasteiger partial charge in [0.25, 0.3) is 0 Å². The van der Waals surface area contributed by atoms with Crippen LogP contribution in [0.25, 0.3) is 0 Å². The van der Waals surface area contributed by atoms with Crippen LogP contribution in [0.1, 0.15) is 24.5 Å². The molecule has 0 saturated carbocycles. The summed E-state index contributed by atoms with van der Waals surface area (Å²) < 4.78 is 12.9. The highest BCUT2D eigenvalue weighted by Gasteiger charge is 2.15. The lowest BCUT2D eigenvalue weighted by molar-refractivity contribution is -0.121. The molecular formula is C20H22ClFN2O2. The van der Waals surface area contributed by atoms with E-state index in [0.29, 0.717) is 23.7 Å². The predicted octanol–water partition coefficient (Wildman–Crippen LogP) is 3.89. The molecule has 4 nitrogen and oxygen atoms in total. The number of hydrogen-bond acceptors (Lipinski definition) is 2. The topological polar surface area (TPSA) is 49.4 Å². The summed E-state index contributed by atoms with van der Waals surface area (Å²) in [4.78, 5) is 25.6. The van der Waals surface area contributed by atoms with E-state index in [9.17, 15) is 14.0 Å². The molecule has 0 unspecified atom stereocenters. The Hall–Kier alpha value is -2.40. The molecule has 0 heterocycles. The van der Waals surface area contributed by atoms with E-state index in [4.69, 9.17) is 11.6 Å². The first-order valence-corrected chi connectivity index (χ1v) is 8.80. The van der Waals surface area contributed by atoms with Crippen molar-refractivity contribution >= 4 is 29.1 Å². The van der Waals surface area contributed by atoms with Crippen LogP contribution >= 0.6 is 11.6 Å². The normalized spacial score (nSPS) is 10.5. The average molecular weight is 377 g/mol. The molecule has 26 heavy (non-hydrogen) atoms. The Morgan fingerprint density at radius 2 is 1.85 bits per heavy atom. The maximum atomic E-state index is 12.9. The SMILES string of the molecule is CC(=O)N(CCC(=O)NCCc1ccc(F)cc1)c1cc(Cl)ccc1C. The van der Waals surface area contributed by atoms with Gasteiger partial charge in [-0.1, -0.05) is 29.8 Å². The smallest absolute Gasteiger partial charge is 0.223 e. The molecule has 0 fully saturated rings. The Balaban J connectivity index is 1.86. The fraction of sp³-hybridized carbons (Fsp3) is 0.300. The van der Waals surface area contributed by atoms with E-state index in [1.807, 2.05) is 13.0 Å². The summed E-state index contributed by atoms with van der Waals surface area (Å²) in [7, 11) is 0. The molecule has 2 amide bonds. The van der Waals surface area contributed by atoms with Crippen molar-refractivity contribution in [3.63, 3.8) is 0 Å². The zero-order valence-electron chi connectivity index (χ0n) is 14.9. The minimum absolute atomic E-state index is 0.141. The molecule has 0 saturated heterocycles. The van der Waals surface area contributed by atoms with E-state index >= 15 is 0 Å². The summed E-state index contributed by atoms with van der Waals surface area (Å²) in [5, 5.41) is 3.36. The number of nitrogens with one attached hydrogen (secondary N) is 1. The number of rotatable bonds is 7. The number of benzene rings is 2. The van der Waals surface area contributed by atoms with Crippen LogP contribution in [0.5, 0.6) is 0 Å². The Morgan fingerprint density at radius 3 is 2.50 bits per heavy atom. The third-order valence-electron chi connectivity index (χ3n) is 4.05. The van der Waals surface area contributed by atoms with Crippen molar-refractivity contribution in [3.05, 3.63) is 64.4 Å². The molecule has 0 aliphatic carbocycles. The average Bonchev–Trinajstić information content (AvgIpc) is 2.59. The molecule has 1 N–H and O–H groups in total. The Labute approximate surface area is 158 Å². The minimum atomic E-state index is -0.279. The van der Waals surface area contributed by atoms with Gasteiger partial charge in [0.1, 0.15) is 5.82 Å². The minimum Gasteiger partial charge on any atom is -0.356 e. The van der Waals surface area contributed by atoms with Crippen molar-refractivity contribution in [1.29, 1.82) is 0 Å². The molecule has 2 aromatic carbocycles. The summed E-state index contributed by atoms with van der Waals surface area (Å²) in [6.45, 7) is 4.09. The number of amides is 2. The highest BCUT2D eigenvalue weighted by atomic mass is 35.5. The standard InChI is InChI=1S/C20H22ClFN2O2/c1-14-3-6-17(21)13-19(14)24(15(2)25)12-10-20(26)23-11-9-16-4-7-18(22)8-5-16/h3-8,13H,9-12H2,1-2H3,(H,23,26). The summed E-state index contributed by atoms with van der Waals surface area (Å²) >= 11 is 6.02. The second-order valence-corrected chi connectivity index (χ2v) is 6.51. The largest absolute Gasteiger partial charge is 0.356 e. The number of carbonyl (C=O) groups excluding carboxylic acids is 2. The summed E-state index contributed by atoms with van der Waals surface area (Å²) in [6.07, 6.45) is 0.810. The van der Waals surface area contributed by atoms with Crippen LogP contribution in [0.3, 0.4) is 0 Å². The number of aryl methyl sites for hydroxylation is 1. The van der Waals surface area contributed by atoms with Gasteiger partial charge in [-0.2, -0.15) is 0 Å². The first-order chi connectivity index (χ1) is 12.4. The van der Waals surface area contributed by atoms with Gasteiger partial charge in [-0.05, 0) is 48.7 Å². The molecular weight excluding hydrogens is 355 g/mol. The molecule has 6 heteroatoms.